The van der Waals surface area contributed by atoms with E-state index in [-0.39, 0.29) is 17.9 Å². The number of hydrogen-bond acceptors (Lipinski definition) is 4. The fraction of sp³-hybridized carbons (Fsp3) is 0.357. The SMILES string of the molecule is CCn1nc(C)cc1C(=O)NCCC(Cc1ccccc1)N(C)C(=O)c1nn(C)c2ccc(C)cc12. The Balaban J connectivity index is 1.53. The second kappa shape index (κ2) is 10.8. The summed E-state index contributed by atoms with van der Waals surface area (Å²) in [6, 6.07) is 17.8. The molecule has 0 saturated carbocycles. The molecule has 0 aliphatic rings. The Hall–Kier alpha value is -3.94. The summed E-state index contributed by atoms with van der Waals surface area (Å²) in [6.45, 7) is 6.91. The lowest BCUT2D eigenvalue weighted by molar-refractivity contribution is 0.0718. The lowest BCUT2D eigenvalue weighted by Gasteiger charge is -2.28. The number of carbonyl (C=O) groups is 2. The topological polar surface area (TPSA) is 85.1 Å². The van der Waals surface area contributed by atoms with Crippen LogP contribution in [0.3, 0.4) is 0 Å². The summed E-state index contributed by atoms with van der Waals surface area (Å²) in [6.07, 6.45) is 1.28. The number of aryl methyl sites for hydroxylation is 4. The van der Waals surface area contributed by atoms with Crippen LogP contribution in [-0.4, -0.2) is 55.9 Å². The van der Waals surface area contributed by atoms with Crippen molar-refractivity contribution in [1.29, 1.82) is 0 Å². The van der Waals surface area contributed by atoms with Crippen molar-refractivity contribution in [1.82, 2.24) is 29.8 Å². The van der Waals surface area contributed by atoms with Crippen molar-refractivity contribution in [2.75, 3.05) is 13.6 Å². The molecule has 0 saturated heterocycles. The van der Waals surface area contributed by atoms with E-state index < -0.39 is 0 Å². The molecule has 188 valence electrons. The lowest BCUT2D eigenvalue weighted by Crippen LogP contribution is -2.41. The molecular weight excluding hydrogens is 452 g/mol. The predicted molar refractivity (Wildman–Crippen MR) is 141 cm³/mol. The third kappa shape index (κ3) is 5.32. The number of rotatable bonds is 9. The molecule has 0 fully saturated rings. The van der Waals surface area contributed by atoms with Crippen LogP contribution in [0, 0.1) is 13.8 Å². The molecule has 2 aromatic carbocycles. The number of aromatic nitrogens is 4. The van der Waals surface area contributed by atoms with E-state index in [0.29, 0.717) is 37.3 Å². The third-order valence-corrected chi connectivity index (χ3v) is 6.59. The van der Waals surface area contributed by atoms with Gasteiger partial charge in [-0.2, -0.15) is 10.2 Å². The standard InChI is InChI=1S/C28H34N6O2/c1-6-34-25(17-20(3)30-34)27(35)29-15-14-22(18-21-10-8-7-9-11-21)32(4)28(36)26-23-16-19(2)12-13-24(23)33(5)31-26/h7-13,16-17,22H,6,14-15,18H2,1-5H3,(H,29,35). The van der Waals surface area contributed by atoms with Crippen molar-refractivity contribution in [3.05, 3.63) is 82.8 Å². The van der Waals surface area contributed by atoms with Crippen LogP contribution in [0.1, 0.15) is 51.1 Å². The molecule has 36 heavy (non-hydrogen) atoms. The Morgan fingerprint density at radius 3 is 2.53 bits per heavy atom. The van der Waals surface area contributed by atoms with Crippen molar-refractivity contribution < 1.29 is 9.59 Å². The van der Waals surface area contributed by atoms with Crippen molar-refractivity contribution >= 4 is 22.7 Å². The van der Waals surface area contributed by atoms with Gasteiger partial charge in [0.2, 0.25) is 0 Å². The van der Waals surface area contributed by atoms with Gasteiger partial charge in [-0.15, -0.1) is 0 Å². The number of amides is 2. The molecule has 0 spiro atoms. The van der Waals surface area contributed by atoms with Crippen molar-refractivity contribution in [3.63, 3.8) is 0 Å². The van der Waals surface area contributed by atoms with E-state index in [9.17, 15) is 9.59 Å². The molecule has 0 aliphatic carbocycles. The van der Waals surface area contributed by atoms with Gasteiger partial charge in [0.1, 0.15) is 5.69 Å². The smallest absolute Gasteiger partial charge is 0.275 e. The van der Waals surface area contributed by atoms with Gasteiger partial charge in [-0.3, -0.25) is 19.0 Å². The van der Waals surface area contributed by atoms with E-state index in [4.69, 9.17) is 0 Å². The minimum absolute atomic E-state index is 0.125. The number of nitrogens with one attached hydrogen (secondary N) is 1. The maximum absolute atomic E-state index is 13.7. The van der Waals surface area contributed by atoms with Crippen molar-refractivity contribution in [2.45, 2.75) is 46.2 Å². The van der Waals surface area contributed by atoms with Gasteiger partial charge in [-0.05, 0) is 57.4 Å². The highest BCUT2D eigenvalue weighted by molar-refractivity contribution is 6.05. The lowest BCUT2D eigenvalue weighted by atomic mass is 10.0. The zero-order valence-electron chi connectivity index (χ0n) is 21.7. The number of nitrogens with zero attached hydrogens (tertiary/aromatic N) is 5. The van der Waals surface area contributed by atoms with Gasteiger partial charge in [-0.25, -0.2) is 0 Å². The molecule has 8 heteroatoms. The minimum Gasteiger partial charge on any atom is -0.351 e. The average Bonchev–Trinajstić information content (AvgIpc) is 3.42. The number of hydrogen-bond donors (Lipinski definition) is 1. The zero-order chi connectivity index (χ0) is 25.8. The minimum atomic E-state index is -0.156. The highest BCUT2D eigenvalue weighted by atomic mass is 16.2. The molecule has 2 heterocycles. The molecule has 8 nitrogen and oxygen atoms in total. The van der Waals surface area contributed by atoms with Crippen LogP contribution in [0.15, 0.2) is 54.6 Å². The molecule has 2 amide bonds. The molecule has 1 atom stereocenters. The Labute approximate surface area is 211 Å². The molecule has 0 aliphatic heterocycles. The molecule has 4 rings (SSSR count). The fourth-order valence-corrected chi connectivity index (χ4v) is 4.60. The Morgan fingerprint density at radius 2 is 1.81 bits per heavy atom. The monoisotopic (exact) mass is 486 g/mol. The largest absolute Gasteiger partial charge is 0.351 e. The maximum Gasteiger partial charge on any atom is 0.275 e. The summed E-state index contributed by atoms with van der Waals surface area (Å²) in [5, 5.41) is 12.8. The Bertz CT molecular complexity index is 1370. The first-order valence-electron chi connectivity index (χ1n) is 12.4. The maximum atomic E-state index is 13.7. The summed E-state index contributed by atoms with van der Waals surface area (Å²) in [4.78, 5) is 28.3. The van der Waals surface area contributed by atoms with E-state index in [0.717, 1.165) is 27.7 Å². The molecule has 4 aromatic rings. The molecule has 0 radical (unpaired) electrons. The van der Waals surface area contributed by atoms with Gasteiger partial charge in [0.25, 0.3) is 11.8 Å². The van der Waals surface area contributed by atoms with Crippen LogP contribution in [-0.2, 0) is 20.0 Å². The normalized spacial score (nSPS) is 12.0. The van der Waals surface area contributed by atoms with Crippen molar-refractivity contribution in [3.8, 4) is 0 Å². The zero-order valence-corrected chi connectivity index (χ0v) is 21.7. The van der Waals surface area contributed by atoms with E-state index in [2.05, 4.69) is 27.6 Å². The van der Waals surface area contributed by atoms with E-state index in [1.807, 2.05) is 71.3 Å². The van der Waals surface area contributed by atoms with Gasteiger partial charge < -0.3 is 10.2 Å². The second-order valence-electron chi connectivity index (χ2n) is 9.28. The number of likely N-dealkylation sites (N-methyl/N-ethyl adjacent to an activating group) is 1. The van der Waals surface area contributed by atoms with E-state index in [1.54, 1.807) is 20.3 Å². The number of fused-ring (bicyclic) bond motifs is 1. The van der Waals surface area contributed by atoms with Crippen LogP contribution in [0.5, 0.6) is 0 Å². The van der Waals surface area contributed by atoms with Crippen LogP contribution in [0.4, 0.5) is 0 Å². The Morgan fingerprint density at radius 1 is 1.06 bits per heavy atom. The second-order valence-corrected chi connectivity index (χ2v) is 9.28. The van der Waals surface area contributed by atoms with Gasteiger partial charge in [0, 0.05) is 38.6 Å². The van der Waals surface area contributed by atoms with E-state index in [1.165, 1.54) is 0 Å². The van der Waals surface area contributed by atoms with Gasteiger partial charge in [0.05, 0.1) is 11.2 Å². The van der Waals surface area contributed by atoms with Gasteiger partial charge in [-0.1, -0.05) is 42.0 Å². The molecule has 2 aromatic heterocycles. The number of benzene rings is 2. The summed E-state index contributed by atoms with van der Waals surface area (Å²) >= 11 is 0. The molecular formula is C28H34N6O2. The molecule has 1 unspecified atom stereocenters. The van der Waals surface area contributed by atoms with E-state index >= 15 is 0 Å². The molecule has 0 bridgehead atoms. The fourth-order valence-electron chi connectivity index (χ4n) is 4.60. The van der Waals surface area contributed by atoms with Crippen LogP contribution < -0.4 is 5.32 Å². The highest BCUT2D eigenvalue weighted by Crippen LogP contribution is 2.22. The van der Waals surface area contributed by atoms with Crippen LogP contribution in [0.2, 0.25) is 0 Å². The first-order chi connectivity index (χ1) is 17.3. The summed E-state index contributed by atoms with van der Waals surface area (Å²) in [5.74, 6) is -0.283. The summed E-state index contributed by atoms with van der Waals surface area (Å²) < 4.78 is 3.46. The first-order valence-corrected chi connectivity index (χ1v) is 12.4. The molecule has 1 N–H and O–H groups in total. The van der Waals surface area contributed by atoms with Gasteiger partial charge in [0.15, 0.2) is 5.69 Å². The highest BCUT2D eigenvalue weighted by Gasteiger charge is 2.26. The van der Waals surface area contributed by atoms with Gasteiger partial charge >= 0.3 is 0 Å². The van der Waals surface area contributed by atoms with Crippen LogP contribution in [0.25, 0.3) is 10.9 Å². The quantitative estimate of drug-likeness (QED) is 0.389. The average molecular weight is 487 g/mol. The predicted octanol–water partition coefficient (Wildman–Crippen LogP) is 3.91. The Kier molecular flexibility index (Phi) is 7.52. The van der Waals surface area contributed by atoms with Crippen LogP contribution >= 0.6 is 0 Å². The van der Waals surface area contributed by atoms with Crippen molar-refractivity contribution in [2.24, 2.45) is 7.05 Å². The summed E-state index contributed by atoms with van der Waals surface area (Å²) in [7, 11) is 3.68. The number of carbonyl (C=O) groups excluding carboxylic acids is 2. The summed E-state index contributed by atoms with van der Waals surface area (Å²) in [5.41, 5.74) is 4.95. The third-order valence-electron chi connectivity index (χ3n) is 6.59. The first kappa shape index (κ1) is 25.2.